The van der Waals surface area contributed by atoms with E-state index in [0.29, 0.717) is 18.6 Å². The summed E-state index contributed by atoms with van der Waals surface area (Å²) in [5, 5.41) is 0. The highest BCUT2D eigenvalue weighted by Crippen LogP contribution is 2.30. The molecule has 1 saturated heterocycles. The highest BCUT2D eigenvalue weighted by Gasteiger charge is 2.37. The first kappa shape index (κ1) is 16.6. The number of nitrogens with two attached hydrogens (primary N) is 1. The summed E-state index contributed by atoms with van der Waals surface area (Å²) in [6, 6.07) is 0.830. The second-order valence-corrected chi connectivity index (χ2v) is 7.34. The van der Waals surface area contributed by atoms with E-state index in [2.05, 4.69) is 4.90 Å². The zero-order valence-electron chi connectivity index (χ0n) is 13.8. The zero-order valence-corrected chi connectivity index (χ0v) is 13.8. The van der Waals surface area contributed by atoms with E-state index in [4.69, 9.17) is 10.5 Å². The summed E-state index contributed by atoms with van der Waals surface area (Å²) < 4.78 is 5.58. The van der Waals surface area contributed by atoms with Crippen LogP contribution >= 0.6 is 0 Å². The highest BCUT2D eigenvalue weighted by atomic mass is 16.6. The number of hydrogen-bond donors (Lipinski definition) is 1. The molecule has 1 aliphatic carbocycles. The van der Waals surface area contributed by atoms with Gasteiger partial charge in [-0.3, -0.25) is 4.90 Å². The number of carbonyl (C=O) groups is 1. The van der Waals surface area contributed by atoms with Crippen molar-refractivity contribution in [3.05, 3.63) is 0 Å². The van der Waals surface area contributed by atoms with Crippen LogP contribution in [0.5, 0.6) is 0 Å². The van der Waals surface area contributed by atoms with Gasteiger partial charge in [-0.25, -0.2) is 4.79 Å². The summed E-state index contributed by atoms with van der Waals surface area (Å²) in [5.74, 6) is 0. The number of rotatable bonds is 5. The number of amides is 1. The molecule has 1 saturated carbocycles. The lowest BCUT2D eigenvalue weighted by atomic mass is 10.0. The summed E-state index contributed by atoms with van der Waals surface area (Å²) >= 11 is 0. The summed E-state index contributed by atoms with van der Waals surface area (Å²) in [5.41, 5.74) is 5.30. The molecule has 2 N–H and O–H groups in total. The second-order valence-electron chi connectivity index (χ2n) is 7.34. The third-order valence-electron chi connectivity index (χ3n) is 4.19. The molecular formula is C16H31N3O2. The Bertz CT molecular complexity index is 348. The maximum absolute atomic E-state index is 12.4. The van der Waals surface area contributed by atoms with Crippen LogP contribution in [0.4, 0.5) is 4.79 Å². The molecule has 1 aliphatic heterocycles. The van der Waals surface area contributed by atoms with Gasteiger partial charge < -0.3 is 15.4 Å². The van der Waals surface area contributed by atoms with Gasteiger partial charge in [0.15, 0.2) is 0 Å². The molecule has 1 atom stereocenters. The van der Waals surface area contributed by atoms with Crippen LogP contribution in [0, 0.1) is 0 Å². The minimum absolute atomic E-state index is 0.150. The maximum Gasteiger partial charge on any atom is 0.410 e. The van der Waals surface area contributed by atoms with Crippen LogP contribution in [-0.2, 0) is 4.74 Å². The van der Waals surface area contributed by atoms with Crippen molar-refractivity contribution in [3.8, 4) is 0 Å². The smallest absolute Gasteiger partial charge is 0.410 e. The van der Waals surface area contributed by atoms with Crippen LogP contribution in [0.1, 0.15) is 52.9 Å². The Morgan fingerprint density at radius 2 is 2.00 bits per heavy atom. The molecule has 2 fully saturated rings. The van der Waals surface area contributed by atoms with Gasteiger partial charge in [0.1, 0.15) is 5.60 Å². The topological polar surface area (TPSA) is 58.8 Å². The fourth-order valence-corrected chi connectivity index (χ4v) is 3.03. The maximum atomic E-state index is 12.4. The molecule has 2 rings (SSSR count). The molecule has 5 heteroatoms. The van der Waals surface area contributed by atoms with Crippen molar-refractivity contribution in [1.29, 1.82) is 0 Å². The Labute approximate surface area is 128 Å². The van der Waals surface area contributed by atoms with Crippen molar-refractivity contribution in [1.82, 2.24) is 9.80 Å². The van der Waals surface area contributed by atoms with Gasteiger partial charge in [-0.15, -0.1) is 0 Å². The van der Waals surface area contributed by atoms with E-state index in [1.54, 1.807) is 0 Å². The van der Waals surface area contributed by atoms with E-state index in [9.17, 15) is 4.79 Å². The fraction of sp³-hybridized carbons (Fsp3) is 0.938. The van der Waals surface area contributed by atoms with E-state index in [1.807, 2.05) is 25.7 Å². The summed E-state index contributed by atoms with van der Waals surface area (Å²) in [6.07, 6.45) is 5.73. The van der Waals surface area contributed by atoms with E-state index >= 15 is 0 Å². The minimum Gasteiger partial charge on any atom is -0.444 e. The molecule has 0 unspecified atom stereocenters. The monoisotopic (exact) mass is 297 g/mol. The fourth-order valence-electron chi connectivity index (χ4n) is 3.03. The standard InChI is InChI=1S/C16H31N3O2/c1-16(2,3)21-15(20)19(13-7-8-13)12-14-6-4-5-10-18(14)11-9-17/h13-14H,4-12,17H2,1-3H3/t14-/m1/s1. The molecule has 2 aliphatic rings. The van der Waals surface area contributed by atoms with Crippen LogP contribution in [-0.4, -0.2) is 59.8 Å². The predicted octanol–water partition coefficient (Wildman–Crippen LogP) is 2.20. The predicted molar refractivity (Wildman–Crippen MR) is 84.2 cm³/mol. The summed E-state index contributed by atoms with van der Waals surface area (Å²) in [4.78, 5) is 16.8. The first-order valence-electron chi connectivity index (χ1n) is 8.34. The molecule has 0 aromatic heterocycles. The molecule has 0 aromatic rings. The third kappa shape index (κ3) is 5.15. The van der Waals surface area contributed by atoms with Crippen LogP contribution in [0.3, 0.4) is 0 Å². The van der Waals surface area contributed by atoms with Gasteiger partial charge in [0.25, 0.3) is 0 Å². The van der Waals surface area contributed by atoms with E-state index in [0.717, 1.165) is 38.9 Å². The molecule has 0 bridgehead atoms. The highest BCUT2D eigenvalue weighted by molar-refractivity contribution is 5.69. The number of ether oxygens (including phenoxy) is 1. The summed E-state index contributed by atoms with van der Waals surface area (Å²) in [7, 11) is 0. The van der Waals surface area contributed by atoms with Gasteiger partial charge in [0.2, 0.25) is 0 Å². The van der Waals surface area contributed by atoms with Crippen molar-refractivity contribution in [2.24, 2.45) is 5.73 Å². The van der Waals surface area contributed by atoms with Crippen molar-refractivity contribution < 1.29 is 9.53 Å². The molecule has 1 heterocycles. The zero-order chi connectivity index (χ0) is 15.5. The number of carbonyl (C=O) groups excluding carboxylic acids is 1. The lowest BCUT2D eigenvalue weighted by molar-refractivity contribution is 0.0142. The summed E-state index contributed by atoms with van der Waals surface area (Å²) in [6.45, 7) is 9.30. The number of hydrogen-bond acceptors (Lipinski definition) is 4. The molecule has 0 aromatic carbocycles. The normalized spacial score (nSPS) is 23.9. The SMILES string of the molecule is CC(C)(C)OC(=O)N(C[C@H]1CCCCN1CCN)C1CC1. The van der Waals surface area contributed by atoms with Crippen molar-refractivity contribution in [2.75, 3.05) is 26.2 Å². The van der Waals surface area contributed by atoms with Crippen molar-refractivity contribution in [2.45, 2.75) is 70.6 Å². The van der Waals surface area contributed by atoms with Gasteiger partial charge in [0, 0.05) is 31.7 Å². The van der Waals surface area contributed by atoms with Gasteiger partial charge in [-0.1, -0.05) is 6.42 Å². The number of likely N-dealkylation sites (tertiary alicyclic amines) is 1. The molecule has 21 heavy (non-hydrogen) atoms. The molecule has 122 valence electrons. The third-order valence-corrected chi connectivity index (χ3v) is 4.19. The van der Waals surface area contributed by atoms with E-state index in [-0.39, 0.29) is 6.09 Å². The minimum atomic E-state index is -0.423. The van der Waals surface area contributed by atoms with Gasteiger partial charge in [-0.2, -0.15) is 0 Å². The van der Waals surface area contributed by atoms with Crippen LogP contribution in [0.25, 0.3) is 0 Å². The molecular weight excluding hydrogens is 266 g/mol. The van der Waals surface area contributed by atoms with E-state index < -0.39 is 5.60 Å². The van der Waals surface area contributed by atoms with Gasteiger partial charge in [0.05, 0.1) is 0 Å². The Kier molecular flexibility index (Phi) is 5.49. The average molecular weight is 297 g/mol. The lowest BCUT2D eigenvalue weighted by Gasteiger charge is -2.39. The van der Waals surface area contributed by atoms with Gasteiger partial charge >= 0.3 is 6.09 Å². The number of piperidine rings is 1. The Balaban J connectivity index is 1.96. The lowest BCUT2D eigenvalue weighted by Crippen LogP contribution is -2.51. The first-order chi connectivity index (χ1) is 9.90. The van der Waals surface area contributed by atoms with Crippen LogP contribution in [0.2, 0.25) is 0 Å². The first-order valence-corrected chi connectivity index (χ1v) is 8.34. The van der Waals surface area contributed by atoms with Crippen LogP contribution < -0.4 is 5.73 Å². The van der Waals surface area contributed by atoms with Crippen molar-refractivity contribution >= 4 is 6.09 Å². The number of nitrogens with zero attached hydrogens (tertiary/aromatic N) is 2. The van der Waals surface area contributed by atoms with Gasteiger partial charge in [-0.05, 0) is 53.0 Å². The van der Waals surface area contributed by atoms with Crippen molar-refractivity contribution in [3.63, 3.8) is 0 Å². The van der Waals surface area contributed by atoms with E-state index in [1.165, 1.54) is 12.8 Å². The van der Waals surface area contributed by atoms with Crippen LogP contribution in [0.15, 0.2) is 0 Å². The second kappa shape index (κ2) is 6.97. The largest absolute Gasteiger partial charge is 0.444 e. The molecule has 1 amide bonds. The molecule has 0 radical (unpaired) electrons. The Morgan fingerprint density at radius 1 is 1.29 bits per heavy atom. The molecule has 0 spiro atoms. The Hall–Kier alpha value is -0.810. The molecule has 5 nitrogen and oxygen atoms in total. The quantitative estimate of drug-likeness (QED) is 0.845. The Morgan fingerprint density at radius 3 is 2.57 bits per heavy atom. The average Bonchev–Trinajstić information content (AvgIpc) is 3.20.